The van der Waals surface area contributed by atoms with E-state index < -0.39 is 0 Å². The van der Waals surface area contributed by atoms with Crippen LogP contribution in [0.15, 0.2) is 40.6 Å². The van der Waals surface area contributed by atoms with Crippen molar-refractivity contribution in [1.82, 2.24) is 9.88 Å². The minimum Gasteiger partial charge on any atom is -0.342 e. The van der Waals surface area contributed by atoms with E-state index in [4.69, 9.17) is 0 Å². The predicted octanol–water partition coefficient (Wildman–Crippen LogP) is 2.65. The van der Waals surface area contributed by atoms with Gasteiger partial charge in [-0.1, -0.05) is 18.9 Å². The van der Waals surface area contributed by atoms with Crippen LogP contribution in [0.3, 0.4) is 0 Å². The Bertz CT molecular complexity index is 697. The molecule has 0 unspecified atom stereocenters. The molecule has 0 spiro atoms. The Morgan fingerprint density at radius 1 is 1.29 bits per heavy atom. The fourth-order valence-electron chi connectivity index (χ4n) is 3.02. The molecule has 1 amide bonds. The van der Waals surface area contributed by atoms with Crippen LogP contribution in [-0.4, -0.2) is 10.5 Å². The van der Waals surface area contributed by atoms with Crippen LogP contribution >= 0.6 is 11.3 Å². The van der Waals surface area contributed by atoms with Gasteiger partial charge in [-0.15, -0.1) is 11.3 Å². The van der Waals surface area contributed by atoms with Gasteiger partial charge in [0.05, 0.1) is 5.54 Å². The fourth-order valence-corrected chi connectivity index (χ4v) is 3.96. The molecule has 0 aromatic carbocycles. The number of pyridine rings is 1. The molecule has 3 rings (SSSR count). The normalized spacial score (nSPS) is 16.8. The van der Waals surface area contributed by atoms with Crippen molar-refractivity contribution < 1.29 is 4.79 Å². The van der Waals surface area contributed by atoms with E-state index in [-0.39, 0.29) is 22.6 Å². The number of carbonyl (C=O) groups excluding carboxylic acids is 1. The highest BCUT2D eigenvalue weighted by Crippen LogP contribution is 2.40. The molecule has 1 aliphatic carbocycles. The zero-order valence-electron chi connectivity index (χ0n) is 12.0. The molecule has 1 aliphatic rings. The summed E-state index contributed by atoms with van der Waals surface area (Å²) in [6, 6.07) is 7.39. The summed E-state index contributed by atoms with van der Waals surface area (Å²) in [7, 11) is 1.66. The van der Waals surface area contributed by atoms with Crippen LogP contribution in [0.4, 0.5) is 0 Å². The lowest BCUT2D eigenvalue weighted by Gasteiger charge is -2.29. The molecule has 110 valence electrons. The first kappa shape index (κ1) is 14.1. The molecule has 2 aromatic rings. The Hall–Kier alpha value is -1.88. The second-order valence-electron chi connectivity index (χ2n) is 5.56. The number of amides is 1. The van der Waals surface area contributed by atoms with E-state index in [0.717, 1.165) is 25.7 Å². The lowest BCUT2D eigenvalue weighted by molar-refractivity contribution is 0.0898. The highest BCUT2D eigenvalue weighted by Gasteiger charge is 2.38. The molecule has 1 fully saturated rings. The van der Waals surface area contributed by atoms with Crippen molar-refractivity contribution in [2.45, 2.75) is 31.2 Å². The smallest absolute Gasteiger partial charge is 0.263 e. The molecular formula is C16H18N2O2S. The van der Waals surface area contributed by atoms with Gasteiger partial charge in [-0.3, -0.25) is 9.59 Å². The van der Waals surface area contributed by atoms with Crippen LogP contribution in [0.1, 0.15) is 40.9 Å². The average molecular weight is 302 g/mol. The number of nitrogens with zero attached hydrogens (tertiary/aromatic N) is 1. The zero-order valence-corrected chi connectivity index (χ0v) is 12.8. The van der Waals surface area contributed by atoms with Crippen molar-refractivity contribution in [2.75, 3.05) is 0 Å². The monoisotopic (exact) mass is 302 g/mol. The number of rotatable bonds is 3. The van der Waals surface area contributed by atoms with E-state index in [1.807, 2.05) is 11.4 Å². The maximum atomic E-state index is 12.6. The highest BCUT2D eigenvalue weighted by molar-refractivity contribution is 7.10. The van der Waals surface area contributed by atoms with E-state index in [0.29, 0.717) is 0 Å². The number of hydrogen-bond acceptors (Lipinski definition) is 3. The number of thiophene rings is 1. The van der Waals surface area contributed by atoms with Gasteiger partial charge in [0.1, 0.15) is 5.56 Å². The van der Waals surface area contributed by atoms with Gasteiger partial charge >= 0.3 is 0 Å². The quantitative estimate of drug-likeness (QED) is 0.947. The van der Waals surface area contributed by atoms with Gasteiger partial charge in [0.15, 0.2) is 0 Å². The Kier molecular flexibility index (Phi) is 3.68. The minimum absolute atomic E-state index is 0.211. The maximum Gasteiger partial charge on any atom is 0.263 e. The van der Waals surface area contributed by atoms with E-state index in [2.05, 4.69) is 11.4 Å². The van der Waals surface area contributed by atoms with Crippen LogP contribution in [0.2, 0.25) is 0 Å². The number of aromatic nitrogens is 1. The molecule has 1 N–H and O–H groups in total. The summed E-state index contributed by atoms with van der Waals surface area (Å²) in [5.74, 6) is -0.272. The molecule has 0 aliphatic heterocycles. The summed E-state index contributed by atoms with van der Waals surface area (Å²) in [5, 5.41) is 5.17. The molecule has 2 heterocycles. The maximum absolute atomic E-state index is 12.6. The van der Waals surface area contributed by atoms with E-state index >= 15 is 0 Å². The summed E-state index contributed by atoms with van der Waals surface area (Å²) in [6.45, 7) is 0. The average Bonchev–Trinajstić information content (AvgIpc) is 3.13. The molecule has 0 bridgehead atoms. The third-order valence-electron chi connectivity index (χ3n) is 4.17. The van der Waals surface area contributed by atoms with Crippen molar-refractivity contribution in [2.24, 2.45) is 7.05 Å². The molecule has 0 saturated heterocycles. The predicted molar refractivity (Wildman–Crippen MR) is 83.6 cm³/mol. The van der Waals surface area contributed by atoms with Crippen LogP contribution in [0.5, 0.6) is 0 Å². The number of nitrogens with one attached hydrogen (secondary N) is 1. The molecule has 0 atom stereocenters. The van der Waals surface area contributed by atoms with Crippen LogP contribution < -0.4 is 10.9 Å². The van der Waals surface area contributed by atoms with Crippen LogP contribution in [0, 0.1) is 0 Å². The molecular weight excluding hydrogens is 284 g/mol. The zero-order chi connectivity index (χ0) is 14.9. The van der Waals surface area contributed by atoms with Crippen molar-refractivity contribution in [3.05, 3.63) is 56.6 Å². The van der Waals surface area contributed by atoms with Crippen molar-refractivity contribution >= 4 is 17.2 Å². The number of hydrogen-bond donors (Lipinski definition) is 1. The third-order valence-corrected chi connectivity index (χ3v) is 5.24. The lowest BCUT2D eigenvalue weighted by atomic mass is 9.95. The van der Waals surface area contributed by atoms with Crippen LogP contribution in [0.25, 0.3) is 0 Å². The molecule has 2 aromatic heterocycles. The van der Waals surface area contributed by atoms with Gasteiger partial charge in [-0.05, 0) is 36.4 Å². The Morgan fingerprint density at radius 2 is 2.05 bits per heavy atom. The molecule has 4 nitrogen and oxygen atoms in total. The summed E-state index contributed by atoms with van der Waals surface area (Å²) >= 11 is 1.67. The van der Waals surface area contributed by atoms with Gasteiger partial charge in [-0.25, -0.2) is 0 Å². The second kappa shape index (κ2) is 5.48. The SMILES string of the molecule is Cn1cccc(C(=O)NC2(c3cccs3)CCCC2)c1=O. The lowest BCUT2D eigenvalue weighted by Crippen LogP contribution is -2.45. The van der Waals surface area contributed by atoms with Crippen LogP contribution in [-0.2, 0) is 12.6 Å². The van der Waals surface area contributed by atoms with Crippen molar-refractivity contribution in [1.29, 1.82) is 0 Å². The van der Waals surface area contributed by atoms with Crippen molar-refractivity contribution in [3.8, 4) is 0 Å². The standard InChI is InChI=1S/C16H18N2O2S/c1-18-10-4-6-12(15(18)20)14(19)17-16(8-2-3-9-16)13-7-5-11-21-13/h4-7,10-11H,2-3,8-9H2,1H3,(H,17,19). The second-order valence-corrected chi connectivity index (χ2v) is 6.51. The first-order valence-corrected chi connectivity index (χ1v) is 8.02. The summed E-state index contributed by atoms with van der Waals surface area (Å²) in [5.41, 5.74) is -0.344. The van der Waals surface area contributed by atoms with E-state index in [1.54, 1.807) is 36.7 Å². The summed E-state index contributed by atoms with van der Waals surface area (Å²) < 4.78 is 1.43. The largest absolute Gasteiger partial charge is 0.342 e. The molecule has 1 saturated carbocycles. The van der Waals surface area contributed by atoms with E-state index in [9.17, 15) is 9.59 Å². The van der Waals surface area contributed by atoms with Gasteiger partial charge in [-0.2, -0.15) is 0 Å². The fraction of sp³-hybridized carbons (Fsp3) is 0.375. The first-order valence-electron chi connectivity index (χ1n) is 7.14. The summed E-state index contributed by atoms with van der Waals surface area (Å²) in [6.07, 6.45) is 5.73. The Balaban J connectivity index is 1.92. The van der Waals surface area contributed by atoms with Gasteiger partial charge in [0.25, 0.3) is 11.5 Å². The van der Waals surface area contributed by atoms with E-state index in [1.165, 1.54) is 9.44 Å². The first-order chi connectivity index (χ1) is 10.1. The minimum atomic E-state index is -0.300. The third kappa shape index (κ3) is 2.53. The number of carbonyl (C=O) groups is 1. The Labute approximate surface area is 127 Å². The topological polar surface area (TPSA) is 51.1 Å². The molecule has 5 heteroatoms. The molecule has 0 radical (unpaired) electrons. The van der Waals surface area contributed by atoms with Crippen molar-refractivity contribution in [3.63, 3.8) is 0 Å². The van der Waals surface area contributed by atoms with Gasteiger partial charge in [0.2, 0.25) is 0 Å². The Morgan fingerprint density at radius 3 is 2.71 bits per heavy atom. The number of aryl methyl sites for hydroxylation is 1. The van der Waals surface area contributed by atoms with Gasteiger partial charge in [0, 0.05) is 18.1 Å². The summed E-state index contributed by atoms with van der Waals surface area (Å²) in [4.78, 5) is 25.8. The molecule has 21 heavy (non-hydrogen) atoms. The highest BCUT2D eigenvalue weighted by atomic mass is 32.1. The van der Waals surface area contributed by atoms with Gasteiger partial charge < -0.3 is 9.88 Å².